The molecule has 3 nitrogen and oxygen atoms in total. The average molecular weight is 296 g/mol. The second-order valence-electron chi connectivity index (χ2n) is 6.70. The summed E-state index contributed by atoms with van der Waals surface area (Å²) in [5.74, 6) is 3.58. The third kappa shape index (κ3) is 3.33. The second-order valence-corrected chi connectivity index (χ2v) is 7.93. The Bertz CT molecular complexity index is 331. The molecule has 2 bridgehead atoms. The van der Waals surface area contributed by atoms with Gasteiger partial charge in [-0.2, -0.15) is 11.8 Å². The number of nitrogens with zero attached hydrogens (tertiary/aromatic N) is 1. The van der Waals surface area contributed by atoms with E-state index >= 15 is 0 Å². The van der Waals surface area contributed by atoms with E-state index in [0.717, 1.165) is 13.0 Å². The van der Waals surface area contributed by atoms with Gasteiger partial charge in [-0.3, -0.25) is 4.79 Å². The first-order valence-corrected chi connectivity index (χ1v) is 9.55. The van der Waals surface area contributed by atoms with Crippen LogP contribution in [0, 0.1) is 5.92 Å². The van der Waals surface area contributed by atoms with Crippen LogP contribution < -0.4 is 5.32 Å². The van der Waals surface area contributed by atoms with Crippen molar-refractivity contribution in [3.05, 3.63) is 0 Å². The van der Waals surface area contributed by atoms with Crippen molar-refractivity contribution in [2.45, 2.75) is 70.0 Å². The Morgan fingerprint density at radius 2 is 1.80 bits per heavy atom. The number of hydrogen-bond donors (Lipinski definition) is 1. The molecule has 1 N–H and O–H groups in total. The lowest BCUT2D eigenvalue weighted by Gasteiger charge is -2.38. The van der Waals surface area contributed by atoms with Gasteiger partial charge in [-0.05, 0) is 62.9 Å². The van der Waals surface area contributed by atoms with Crippen molar-refractivity contribution in [1.82, 2.24) is 10.2 Å². The molecule has 3 aliphatic rings. The summed E-state index contributed by atoms with van der Waals surface area (Å²) in [6, 6.07) is 1.85. The molecule has 3 fully saturated rings. The molecule has 1 amide bonds. The minimum atomic E-state index is 0.427. The summed E-state index contributed by atoms with van der Waals surface area (Å²) >= 11 is 2.04. The molecule has 0 spiro atoms. The van der Waals surface area contributed by atoms with Crippen LogP contribution in [0.3, 0.4) is 0 Å². The zero-order chi connectivity index (χ0) is 13.9. The normalized spacial score (nSPS) is 34.1. The average Bonchev–Trinajstić information content (AvgIpc) is 2.80. The van der Waals surface area contributed by atoms with Crippen LogP contribution in [0.25, 0.3) is 0 Å². The Morgan fingerprint density at radius 3 is 2.40 bits per heavy atom. The summed E-state index contributed by atoms with van der Waals surface area (Å²) in [6.45, 7) is 3.04. The molecule has 0 aromatic heterocycles. The van der Waals surface area contributed by atoms with Crippen LogP contribution in [0.15, 0.2) is 0 Å². The number of thioether (sulfide) groups is 1. The molecule has 3 heterocycles. The number of nitrogens with one attached hydrogen (secondary N) is 1. The zero-order valence-electron chi connectivity index (χ0n) is 12.6. The number of carbonyl (C=O) groups is 1. The lowest BCUT2D eigenvalue weighted by Crippen LogP contribution is -2.50. The molecular weight excluding hydrogens is 268 g/mol. The fraction of sp³-hybridized carbons (Fsp3) is 0.938. The Kier molecular flexibility index (Phi) is 4.92. The standard InChI is InChI=1S/C16H28N2OS/c1-2-18(15-10-13-3-4-14(11-15)17-13)16(19)9-12-5-7-20-8-6-12/h12-15,17H,2-11H2,1H3. The Hall–Kier alpha value is -0.220. The molecule has 3 saturated heterocycles. The van der Waals surface area contributed by atoms with Gasteiger partial charge in [-0.15, -0.1) is 0 Å². The third-order valence-electron chi connectivity index (χ3n) is 5.35. The van der Waals surface area contributed by atoms with Crippen molar-refractivity contribution in [3.63, 3.8) is 0 Å². The SMILES string of the molecule is CCN(C(=O)CC1CCSCC1)C1CC2CCC(C1)N2. The Morgan fingerprint density at radius 1 is 1.15 bits per heavy atom. The summed E-state index contributed by atoms with van der Waals surface area (Å²) in [6.07, 6.45) is 8.26. The summed E-state index contributed by atoms with van der Waals surface area (Å²) < 4.78 is 0. The highest BCUT2D eigenvalue weighted by molar-refractivity contribution is 7.99. The van der Waals surface area contributed by atoms with Crippen LogP contribution in [-0.4, -0.2) is 47.0 Å². The zero-order valence-corrected chi connectivity index (χ0v) is 13.5. The van der Waals surface area contributed by atoms with E-state index in [2.05, 4.69) is 17.1 Å². The molecule has 0 aliphatic carbocycles. The first-order chi connectivity index (χ1) is 9.76. The predicted octanol–water partition coefficient (Wildman–Crippen LogP) is 2.65. The summed E-state index contributed by atoms with van der Waals surface area (Å²) in [4.78, 5) is 14.9. The van der Waals surface area contributed by atoms with Crippen molar-refractivity contribution in [3.8, 4) is 0 Å². The third-order valence-corrected chi connectivity index (χ3v) is 6.40. The van der Waals surface area contributed by atoms with Crippen LogP contribution in [0.1, 0.15) is 51.9 Å². The minimum absolute atomic E-state index is 0.427. The van der Waals surface area contributed by atoms with Gasteiger partial charge < -0.3 is 10.2 Å². The van der Waals surface area contributed by atoms with Crippen molar-refractivity contribution < 1.29 is 4.79 Å². The number of amides is 1. The van der Waals surface area contributed by atoms with E-state index in [4.69, 9.17) is 0 Å². The van der Waals surface area contributed by atoms with Gasteiger partial charge in [0.05, 0.1) is 0 Å². The minimum Gasteiger partial charge on any atom is -0.340 e. The fourth-order valence-corrected chi connectivity index (χ4v) is 5.44. The largest absolute Gasteiger partial charge is 0.340 e. The Labute approximate surface area is 127 Å². The summed E-state index contributed by atoms with van der Waals surface area (Å²) in [5, 5.41) is 3.68. The first-order valence-electron chi connectivity index (χ1n) is 8.39. The molecule has 0 aromatic carbocycles. The van der Waals surface area contributed by atoms with E-state index < -0.39 is 0 Å². The highest BCUT2D eigenvalue weighted by Crippen LogP contribution is 2.31. The van der Waals surface area contributed by atoms with Crippen molar-refractivity contribution >= 4 is 17.7 Å². The molecule has 0 radical (unpaired) electrons. The molecule has 3 rings (SSSR count). The lowest BCUT2D eigenvalue weighted by atomic mass is 9.95. The molecule has 3 aliphatic heterocycles. The van der Waals surface area contributed by atoms with Crippen molar-refractivity contribution in [1.29, 1.82) is 0 Å². The van der Waals surface area contributed by atoms with E-state index in [9.17, 15) is 4.79 Å². The van der Waals surface area contributed by atoms with Gasteiger partial charge in [0.15, 0.2) is 0 Å². The van der Waals surface area contributed by atoms with Crippen LogP contribution >= 0.6 is 11.8 Å². The number of carbonyl (C=O) groups excluding carboxylic acids is 1. The lowest BCUT2D eigenvalue weighted by molar-refractivity contribution is -0.135. The van der Waals surface area contributed by atoms with Gasteiger partial charge in [0.1, 0.15) is 0 Å². The van der Waals surface area contributed by atoms with Crippen LogP contribution in [-0.2, 0) is 4.79 Å². The maximum atomic E-state index is 12.7. The van der Waals surface area contributed by atoms with E-state index in [1.807, 2.05) is 11.8 Å². The first kappa shape index (κ1) is 14.7. The smallest absolute Gasteiger partial charge is 0.223 e. The van der Waals surface area contributed by atoms with Crippen molar-refractivity contribution in [2.75, 3.05) is 18.1 Å². The van der Waals surface area contributed by atoms with Gasteiger partial charge >= 0.3 is 0 Å². The van der Waals surface area contributed by atoms with Gasteiger partial charge in [-0.25, -0.2) is 0 Å². The number of fused-ring (bicyclic) bond motifs is 2. The van der Waals surface area contributed by atoms with E-state index in [-0.39, 0.29) is 0 Å². The van der Waals surface area contributed by atoms with Gasteiger partial charge in [-0.1, -0.05) is 0 Å². The van der Waals surface area contributed by atoms with Gasteiger partial charge in [0, 0.05) is 31.1 Å². The number of rotatable bonds is 4. The maximum Gasteiger partial charge on any atom is 0.223 e. The monoisotopic (exact) mass is 296 g/mol. The topological polar surface area (TPSA) is 32.3 Å². The van der Waals surface area contributed by atoms with E-state index in [1.54, 1.807) is 0 Å². The van der Waals surface area contributed by atoms with Gasteiger partial charge in [0.2, 0.25) is 5.91 Å². The van der Waals surface area contributed by atoms with E-state index in [0.29, 0.717) is 30.0 Å². The molecule has 4 heteroatoms. The van der Waals surface area contributed by atoms with Gasteiger partial charge in [0.25, 0.3) is 0 Å². The predicted molar refractivity (Wildman–Crippen MR) is 85.0 cm³/mol. The van der Waals surface area contributed by atoms with E-state index in [1.165, 1.54) is 50.0 Å². The quantitative estimate of drug-likeness (QED) is 0.865. The summed E-state index contributed by atoms with van der Waals surface area (Å²) in [5.41, 5.74) is 0. The van der Waals surface area contributed by atoms with Crippen molar-refractivity contribution in [2.24, 2.45) is 5.92 Å². The Balaban J connectivity index is 1.56. The molecular formula is C16H28N2OS. The van der Waals surface area contributed by atoms with Crippen LogP contribution in [0.5, 0.6) is 0 Å². The molecule has 20 heavy (non-hydrogen) atoms. The highest BCUT2D eigenvalue weighted by atomic mass is 32.2. The number of hydrogen-bond acceptors (Lipinski definition) is 3. The second kappa shape index (κ2) is 6.69. The van der Waals surface area contributed by atoms with Crippen LogP contribution in [0.4, 0.5) is 0 Å². The molecule has 2 unspecified atom stereocenters. The number of piperidine rings is 1. The molecule has 0 aromatic rings. The molecule has 0 saturated carbocycles. The molecule has 114 valence electrons. The fourth-order valence-electron chi connectivity index (χ4n) is 4.23. The maximum absolute atomic E-state index is 12.7. The van der Waals surface area contributed by atoms with Crippen LogP contribution in [0.2, 0.25) is 0 Å². The highest BCUT2D eigenvalue weighted by Gasteiger charge is 2.37. The summed E-state index contributed by atoms with van der Waals surface area (Å²) in [7, 11) is 0. The molecule has 2 atom stereocenters.